The summed E-state index contributed by atoms with van der Waals surface area (Å²) < 4.78 is 3.03. The molecule has 1 heterocycles. The van der Waals surface area contributed by atoms with Crippen LogP contribution in [0.5, 0.6) is 0 Å². The second kappa shape index (κ2) is 6.01. The Bertz CT molecular complexity index is 523. The number of nitrogens with zero attached hydrogens (tertiary/aromatic N) is 2. The molecule has 1 aromatic heterocycles. The molecule has 0 saturated carbocycles. The molecule has 3 N–H and O–H groups in total. The number of benzene rings is 1. The van der Waals surface area contributed by atoms with Crippen LogP contribution in [0.25, 0.3) is 0 Å². The van der Waals surface area contributed by atoms with E-state index in [1.54, 1.807) is 6.20 Å². The first kappa shape index (κ1) is 13.8. The van der Waals surface area contributed by atoms with Crippen molar-refractivity contribution in [2.45, 2.75) is 19.5 Å². The highest BCUT2D eigenvalue weighted by atomic mass is 127. The molecule has 4 nitrogen and oxygen atoms in total. The normalized spacial score (nSPS) is 12.7. The van der Waals surface area contributed by atoms with Gasteiger partial charge in [0.05, 0.1) is 23.0 Å². The van der Waals surface area contributed by atoms with E-state index in [1.165, 1.54) is 3.57 Å². The molecular weight excluding hydrogens is 363 g/mol. The SMILES string of the molecule is CCn1ncc(Cl)c1C(NN)c1ccc(I)cc1. The van der Waals surface area contributed by atoms with E-state index in [0.29, 0.717) is 5.02 Å². The van der Waals surface area contributed by atoms with Crippen LogP contribution in [0.3, 0.4) is 0 Å². The Morgan fingerprint density at radius 2 is 2.11 bits per heavy atom. The molecule has 0 radical (unpaired) electrons. The van der Waals surface area contributed by atoms with E-state index in [1.807, 2.05) is 35.9 Å². The van der Waals surface area contributed by atoms with Crippen LogP contribution in [0.15, 0.2) is 30.5 Å². The van der Waals surface area contributed by atoms with Crippen LogP contribution < -0.4 is 11.3 Å². The lowest BCUT2D eigenvalue weighted by molar-refractivity contribution is 0.543. The molecule has 0 saturated heterocycles. The molecule has 18 heavy (non-hydrogen) atoms. The molecule has 1 atom stereocenters. The van der Waals surface area contributed by atoms with E-state index >= 15 is 0 Å². The summed E-state index contributed by atoms with van der Waals surface area (Å²) in [5, 5.41) is 4.86. The van der Waals surface area contributed by atoms with Crippen molar-refractivity contribution in [1.29, 1.82) is 0 Å². The number of hydrazine groups is 1. The zero-order chi connectivity index (χ0) is 13.1. The van der Waals surface area contributed by atoms with Gasteiger partial charge in [-0.1, -0.05) is 23.7 Å². The number of aromatic nitrogens is 2. The summed E-state index contributed by atoms with van der Waals surface area (Å²) in [4.78, 5) is 0. The van der Waals surface area contributed by atoms with Gasteiger partial charge in [0.25, 0.3) is 0 Å². The standard InChI is InChI=1S/C12H14ClIN4/c1-2-18-12(10(13)7-16-18)11(17-15)8-3-5-9(14)6-4-8/h3-7,11,17H,2,15H2,1H3. The van der Waals surface area contributed by atoms with Crippen LogP contribution in [0.1, 0.15) is 24.2 Å². The van der Waals surface area contributed by atoms with Crippen molar-refractivity contribution in [3.8, 4) is 0 Å². The van der Waals surface area contributed by atoms with Gasteiger partial charge in [0.1, 0.15) is 0 Å². The summed E-state index contributed by atoms with van der Waals surface area (Å²) in [5.41, 5.74) is 4.76. The van der Waals surface area contributed by atoms with Crippen molar-refractivity contribution in [3.63, 3.8) is 0 Å². The zero-order valence-electron chi connectivity index (χ0n) is 9.90. The number of nitrogens with one attached hydrogen (secondary N) is 1. The van der Waals surface area contributed by atoms with E-state index in [-0.39, 0.29) is 6.04 Å². The largest absolute Gasteiger partial charge is 0.271 e. The van der Waals surface area contributed by atoms with Crippen LogP contribution >= 0.6 is 34.2 Å². The van der Waals surface area contributed by atoms with E-state index in [9.17, 15) is 0 Å². The fourth-order valence-electron chi connectivity index (χ4n) is 1.90. The molecule has 6 heteroatoms. The second-order valence-electron chi connectivity index (χ2n) is 3.84. The Morgan fingerprint density at radius 1 is 1.44 bits per heavy atom. The minimum Gasteiger partial charge on any atom is -0.271 e. The molecule has 2 rings (SSSR count). The first-order chi connectivity index (χ1) is 8.67. The molecule has 0 aliphatic rings. The Labute approximate surface area is 125 Å². The average Bonchev–Trinajstić information content (AvgIpc) is 2.74. The summed E-state index contributed by atoms with van der Waals surface area (Å²) in [7, 11) is 0. The first-order valence-electron chi connectivity index (χ1n) is 5.60. The van der Waals surface area contributed by atoms with Gasteiger partial charge in [-0.05, 0) is 47.2 Å². The number of rotatable bonds is 4. The fraction of sp³-hybridized carbons (Fsp3) is 0.250. The minimum atomic E-state index is -0.156. The highest BCUT2D eigenvalue weighted by molar-refractivity contribution is 14.1. The number of nitrogens with two attached hydrogens (primary N) is 1. The Morgan fingerprint density at radius 3 is 2.67 bits per heavy atom. The van der Waals surface area contributed by atoms with Gasteiger partial charge in [0.2, 0.25) is 0 Å². The van der Waals surface area contributed by atoms with Gasteiger partial charge in [-0.15, -0.1) is 0 Å². The molecule has 96 valence electrons. The van der Waals surface area contributed by atoms with Crippen molar-refractivity contribution in [3.05, 3.63) is 50.3 Å². The lowest BCUT2D eigenvalue weighted by Gasteiger charge is -2.18. The highest BCUT2D eigenvalue weighted by Crippen LogP contribution is 2.28. The molecule has 0 aliphatic heterocycles. The predicted octanol–water partition coefficient (Wildman–Crippen LogP) is 2.71. The van der Waals surface area contributed by atoms with E-state index in [2.05, 4.69) is 33.1 Å². The summed E-state index contributed by atoms with van der Waals surface area (Å²) in [6.07, 6.45) is 1.65. The second-order valence-corrected chi connectivity index (χ2v) is 5.50. The molecule has 0 amide bonds. The lowest BCUT2D eigenvalue weighted by atomic mass is 10.0. The van der Waals surface area contributed by atoms with Gasteiger partial charge in [0, 0.05) is 10.1 Å². The zero-order valence-corrected chi connectivity index (χ0v) is 12.8. The number of hydrogen-bond donors (Lipinski definition) is 2. The Kier molecular flexibility index (Phi) is 4.60. The van der Waals surface area contributed by atoms with Crippen molar-refractivity contribution in [2.75, 3.05) is 0 Å². The summed E-state index contributed by atoms with van der Waals surface area (Å²) in [6, 6.07) is 8.00. The first-order valence-corrected chi connectivity index (χ1v) is 7.05. The van der Waals surface area contributed by atoms with E-state index in [4.69, 9.17) is 17.4 Å². The van der Waals surface area contributed by atoms with Crippen LogP contribution in [-0.2, 0) is 6.54 Å². The number of hydrogen-bond acceptors (Lipinski definition) is 3. The highest BCUT2D eigenvalue weighted by Gasteiger charge is 2.20. The average molecular weight is 377 g/mol. The summed E-state index contributed by atoms with van der Waals surface area (Å²) in [5.74, 6) is 5.67. The third kappa shape index (κ3) is 2.69. The van der Waals surface area contributed by atoms with Crippen LogP contribution in [-0.4, -0.2) is 9.78 Å². The van der Waals surface area contributed by atoms with Gasteiger partial charge >= 0.3 is 0 Å². The van der Waals surface area contributed by atoms with Crippen molar-refractivity contribution < 1.29 is 0 Å². The maximum absolute atomic E-state index is 6.20. The van der Waals surface area contributed by atoms with Gasteiger partial charge in [-0.25, -0.2) is 5.43 Å². The number of aryl methyl sites for hydroxylation is 1. The Hall–Kier alpha value is -0.630. The Balaban J connectivity index is 2.44. The van der Waals surface area contributed by atoms with Crippen LogP contribution in [0, 0.1) is 3.57 Å². The van der Waals surface area contributed by atoms with Gasteiger partial charge in [0.15, 0.2) is 0 Å². The molecule has 0 aliphatic carbocycles. The monoisotopic (exact) mass is 376 g/mol. The third-order valence-electron chi connectivity index (χ3n) is 2.78. The molecule has 0 bridgehead atoms. The molecule has 1 unspecified atom stereocenters. The maximum atomic E-state index is 6.20. The van der Waals surface area contributed by atoms with Crippen LogP contribution in [0.2, 0.25) is 5.02 Å². The van der Waals surface area contributed by atoms with Crippen molar-refractivity contribution in [1.82, 2.24) is 15.2 Å². The van der Waals surface area contributed by atoms with Gasteiger partial charge in [-0.2, -0.15) is 5.10 Å². The molecule has 0 fully saturated rings. The molecule has 2 aromatic rings. The summed E-state index contributed by atoms with van der Waals surface area (Å²) in [6.45, 7) is 2.78. The number of halogens is 2. The van der Waals surface area contributed by atoms with Gasteiger partial charge in [-0.3, -0.25) is 10.5 Å². The van der Waals surface area contributed by atoms with E-state index < -0.39 is 0 Å². The molecule has 0 spiro atoms. The lowest BCUT2D eigenvalue weighted by Crippen LogP contribution is -2.31. The van der Waals surface area contributed by atoms with Crippen molar-refractivity contribution in [2.24, 2.45) is 5.84 Å². The predicted molar refractivity (Wildman–Crippen MR) is 81.2 cm³/mol. The third-order valence-corrected chi connectivity index (χ3v) is 3.79. The molecular formula is C12H14ClIN4. The molecule has 1 aromatic carbocycles. The minimum absolute atomic E-state index is 0.156. The topological polar surface area (TPSA) is 55.9 Å². The van der Waals surface area contributed by atoms with Crippen molar-refractivity contribution >= 4 is 34.2 Å². The van der Waals surface area contributed by atoms with Crippen LogP contribution in [0.4, 0.5) is 0 Å². The van der Waals surface area contributed by atoms with E-state index in [0.717, 1.165) is 17.8 Å². The fourth-order valence-corrected chi connectivity index (χ4v) is 2.51. The maximum Gasteiger partial charge on any atom is 0.0893 e. The quantitative estimate of drug-likeness (QED) is 0.490. The summed E-state index contributed by atoms with van der Waals surface area (Å²) >= 11 is 8.47. The smallest absolute Gasteiger partial charge is 0.0893 e. The van der Waals surface area contributed by atoms with Gasteiger partial charge < -0.3 is 0 Å².